The second-order valence-electron chi connectivity index (χ2n) is 8.70. The van der Waals surface area contributed by atoms with Gasteiger partial charge in [0.05, 0.1) is 18.3 Å². The highest BCUT2D eigenvalue weighted by atomic mass is 19.4. The van der Waals surface area contributed by atoms with Crippen LogP contribution in [0.3, 0.4) is 0 Å². The molecule has 5 N–H and O–H groups in total. The molecule has 0 saturated carbocycles. The number of aliphatic hydroxyl groups excluding tert-OH is 2. The van der Waals surface area contributed by atoms with Gasteiger partial charge in [0.15, 0.2) is 0 Å². The number of hydrogen-bond acceptors (Lipinski definition) is 8. The predicted molar refractivity (Wildman–Crippen MR) is 120 cm³/mol. The molecule has 11 nitrogen and oxygen atoms in total. The lowest BCUT2D eigenvalue weighted by Gasteiger charge is -2.41. The van der Waals surface area contributed by atoms with E-state index in [1.165, 1.54) is 29.3 Å². The Morgan fingerprint density at radius 1 is 1.39 bits per heavy atom. The smallest absolute Gasteiger partial charge is 0.408 e. The molecular formula is C22H27F3N6O5. The van der Waals surface area contributed by atoms with Crippen LogP contribution in [0, 0.1) is 0 Å². The summed E-state index contributed by atoms with van der Waals surface area (Å²) in [5.74, 6) is -0.0691. The number of urea groups is 1. The third-order valence-electron chi connectivity index (χ3n) is 6.06. The minimum Gasteiger partial charge on any atom is -0.491 e. The molecule has 2 bridgehead atoms. The van der Waals surface area contributed by atoms with Crippen molar-refractivity contribution in [2.75, 3.05) is 31.6 Å². The summed E-state index contributed by atoms with van der Waals surface area (Å²) in [6.07, 6.45) is -0.479. The average molecular weight is 512 g/mol. The summed E-state index contributed by atoms with van der Waals surface area (Å²) in [7, 11) is 0. The van der Waals surface area contributed by atoms with Crippen molar-refractivity contribution >= 4 is 17.8 Å². The van der Waals surface area contributed by atoms with Gasteiger partial charge in [-0.25, -0.2) is 9.78 Å². The fourth-order valence-electron chi connectivity index (χ4n) is 4.13. The highest BCUT2D eigenvalue weighted by Gasteiger charge is 2.43. The Morgan fingerprint density at radius 3 is 2.89 bits per heavy atom. The number of halogens is 3. The SMILES string of the molecule is C[C@@H](NC(=O)C1C=CC2=C(N1)N(C(=O)Nc1cc(OC[C@@H](O)CO)ccn1)[C@H]1CCN2C1)C(F)(F)F. The first kappa shape index (κ1) is 25.6. The van der Waals surface area contributed by atoms with Gasteiger partial charge in [0.25, 0.3) is 0 Å². The zero-order valence-corrected chi connectivity index (χ0v) is 19.3. The number of fused-ring (bicyclic) bond motifs is 3. The number of amides is 3. The minimum atomic E-state index is -4.58. The van der Waals surface area contributed by atoms with Crippen LogP contribution in [0.15, 0.2) is 42.0 Å². The van der Waals surface area contributed by atoms with E-state index in [1.54, 1.807) is 6.08 Å². The molecule has 3 aliphatic heterocycles. The molecule has 1 fully saturated rings. The second kappa shape index (κ2) is 10.2. The number of hydrogen-bond donors (Lipinski definition) is 5. The standard InChI is InChI=1S/C22H27F3N6O5/c1-12(22(23,24)25)27-20(34)16-2-3-17-19(28-16)31(13-5-7-30(17)9-13)21(35)29-18-8-15(4-6-26-18)36-11-14(33)10-32/h2-4,6,8,12-14,16,28,32-33H,5,7,9-11H2,1H3,(H,27,34)(H,26,29,35)/t12-,13+,14+,16?/m1/s1. The number of aliphatic hydroxyl groups is 2. The summed E-state index contributed by atoms with van der Waals surface area (Å²) in [4.78, 5) is 33.4. The summed E-state index contributed by atoms with van der Waals surface area (Å²) in [6.45, 7) is 1.48. The number of nitrogens with one attached hydrogen (secondary N) is 3. The van der Waals surface area contributed by atoms with Gasteiger partial charge in [-0.3, -0.25) is 15.0 Å². The first-order valence-electron chi connectivity index (χ1n) is 11.4. The van der Waals surface area contributed by atoms with Crippen molar-refractivity contribution in [2.45, 2.75) is 43.8 Å². The van der Waals surface area contributed by atoms with Crippen molar-refractivity contribution in [2.24, 2.45) is 0 Å². The van der Waals surface area contributed by atoms with E-state index in [0.29, 0.717) is 36.8 Å². The van der Waals surface area contributed by atoms with Gasteiger partial charge >= 0.3 is 12.2 Å². The molecule has 1 saturated heterocycles. The number of pyridine rings is 1. The molecule has 4 rings (SSSR count). The molecule has 0 spiro atoms. The van der Waals surface area contributed by atoms with E-state index in [0.717, 1.165) is 6.92 Å². The van der Waals surface area contributed by atoms with Crippen molar-refractivity contribution < 1.29 is 37.7 Å². The topological polar surface area (TPSA) is 139 Å². The molecule has 3 aliphatic rings. The van der Waals surface area contributed by atoms with E-state index in [4.69, 9.17) is 9.84 Å². The summed E-state index contributed by atoms with van der Waals surface area (Å²) < 4.78 is 44.1. The van der Waals surface area contributed by atoms with E-state index in [9.17, 15) is 27.9 Å². The Kier molecular flexibility index (Phi) is 7.26. The Hall–Kier alpha value is -3.52. The third kappa shape index (κ3) is 5.49. The van der Waals surface area contributed by atoms with E-state index < -0.39 is 42.9 Å². The Morgan fingerprint density at radius 2 is 2.17 bits per heavy atom. The quantitative estimate of drug-likeness (QED) is 0.356. The monoisotopic (exact) mass is 512 g/mol. The van der Waals surface area contributed by atoms with Gasteiger partial charge in [0.1, 0.15) is 42.2 Å². The van der Waals surface area contributed by atoms with Crippen molar-refractivity contribution in [3.05, 3.63) is 42.0 Å². The Bertz CT molecular complexity index is 1060. The molecular weight excluding hydrogens is 485 g/mol. The molecule has 3 amide bonds. The molecule has 4 atom stereocenters. The minimum absolute atomic E-state index is 0.152. The summed E-state index contributed by atoms with van der Waals surface area (Å²) >= 11 is 0. The van der Waals surface area contributed by atoms with Gasteiger partial charge < -0.3 is 30.5 Å². The van der Waals surface area contributed by atoms with Gasteiger partial charge in [-0.2, -0.15) is 13.2 Å². The number of carbonyl (C=O) groups excluding carboxylic acids is 2. The molecule has 1 aromatic heterocycles. The van der Waals surface area contributed by atoms with Crippen LogP contribution in [0.5, 0.6) is 5.75 Å². The van der Waals surface area contributed by atoms with Gasteiger partial charge in [0.2, 0.25) is 5.91 Å². The highest BCUT2D eigenvalue weighted by Crippen LogP contribution is 2.33. The first-order chi connectivity index (χ1) is 17.1. The first-order valence-corrected chi connectivity index (χ1v) is 11.4. The number of rotatable bonds is 7. The maximum Gasteiger partial charge on any atom is 0.408 e. The van der Waals surface area contributed by atoms with Crippen molar-refractivity contribution in [1.29, 1.82) is 0 Å². The summed E-state index contributed by atoms with van der Waals surface area (Å²) in [5, 5.41) is 25.9. The molecule has 1 aromatic rings. The number of nitrogens with zero attached hydrogens (tertiary/aromatic N) is 3. The fraction of sp³-hybridized carbons (Fsp3) is 0.500. The van der Waals surface area contributed by atoms with Crippen LogP contribution in [0.4, 0.5) is 23.8 Å². The zero-order chi connectivity index (χ0) is 26.0. The maximum absolute atomic E-state index is 13.3. The van der Waals surface area contributed by atoms with Crippen LogP contribution < -0.4 is 20.7 Å². The number of ether oxygens (including phenoxy) is 1. The van der Waals surface area contributed by atoms with E-state index in [1.807, 2.05) is 10.2 Å². The number of anilines is 1. The zero-order valence-electron chi connectivity index (χ0n) is 19.3. The Labute approximate surface area is 204 Å². The van der Waals surface area contributed by atoms with Gasteiger partial charge in [-0.15, -0.1) is 0 Å². The fourth-order valence-corrected chi connectivity index (χ4v) is 4.13. The van der Waals surface area contributed by atoms with Crippen molar-refractivity contribution in [3.8, 4) is 5.75 Å². The maximum atomic E-state index is 13.3. The molecule has 0 radical (unpaired) electrons. The van der Waals surface area contributed by atoms with Crippen molar-refractivity contribution in [3.63, 3.8) is 0 Å². The molecule has 36 heavy (non-hydrogen) atoms. The van der Waals surface area contributed by atoms with Crippen LogP contribution in [0.2, 0.25) is 0 Å². The van der Waals surface area contributed by atoms with Gasteiger partial charge in [-0.1, -0.05) is 6.08 Å². The third-order valence-corrected chi connectivity index (χ3v) is 6.06. The Balaban J connectivity index is 1.48. The molecule has 0 aromatic carbocycles. The van der Waals surface area contributed by atoms with Crippen LogP contribution in [0.1, 0.15) is 13.3 Å². The number of dihydropyridines is 1. The molecule has 1 unspecified atom stereocenters. The molecule has 4 heterocycles. The van der Waals surface area contributed by atoms with Crippen LogP contribution in [0.25, 0.3) is 0 Å². The lowest BCUT2D eigenvalue weighted by molar-refractivity contribution is -0.158. The van der Waals surface area contributed by atoms with E-state index in [-0.39, 0.29) is 18.5 Å². The van der Waals surface area contributed by atoms with E-state index in [2.05, 4.69) is 15.6 Å². The number of allylic oxidation sites excluding steroid dienone is 1. The largest absolute Gasteiger partial charge is 0.491 e. The predicted octanol–water partition coefficient (Wildman–Crippen LogP) is 0.499. The molecule has 14 heteroatoms. The normalized spacial score (nSPS) is 22.5. The average Bonchev–Trinajstić information content (AvgIpc) is 3.25. The number of aromatic nitrogens is 1. The van der Waals surface area contributed by atoms with Crippen molar-refractivity contribution in [1.82, 2.24) is 25.4 Å². The lowest BCUT2D eigenvalue weighted by atomic mass is 10.1. The summed E-state index contributed by atoms with van der Waals surface area (Å²) in [6, 6.07) is -0.921. The lowest BCUT2D eigenvalue weighted by Crippen LogP contribution is -2.57. The number of carbonyl (C=O) groups is 2. The van der Waals surface area contributed by atoms with Gasteiger partial charge in [0, 0.05) is 25.4 Å². The van der Waals surface area contributed by atoms with Crippen LogP contribution in [-0.4, -0.2) is 93.6 Å². The highest BCUT2D eigenvalue weighted by molar-refractivity contribution is 5.91. The molecule has 196 valence electrons. The van der Waals surface area contributed by atoms with Gasteiger partial charge in [-0.05, 0) is 25.5 Å². The summed E-state index contributed by atoms with van der Waals surface area (Å²) in [5.41, 5.74) is 0.662. The van der Waals surface area contributed by atoms with E-state index >= 15 is 0 Å². The van der Waals surface area contributed by atoms with Crippen LogP contribution in [-0.2, 0) is 4.79 Å². The molecule has 0 aliphatic carbocycles. The second-order valence-corrected chi connectivity index (χ2v) is 8.70. The van der Waals surface area contributed by atoms with Crippen LogP contribution >= 0.6 is 0 Å². The number of alkyl halides is 3.